The van der Waals surface area contributed by atoms with E-state index in [1.54, 1.807) is 6.07 Å². The number of carboxylic acid groups (broad SMARTS) is 1. The summed E-state index contributed by atoms with van der Waals surface area (Å²) in [5.41, 5.74) is 6.10. The molecular formula is C17H17Cl2N3O7. The highest BCUT2D eigenvalue weighted by atomic mass is 35.5. The average Bonchev–Trinajstić information content (AvgIpc) is 2.62. The molecule has 0 spiro atoms. The van der Waals surface area contributed by atoms with Gasteiger partial charge in [0.25, 0.3) is 5.09 Å². The number of halogens is 2. The molecule has 10 nitrogen and oxygen atoms in total. The van der Waals surface area contributed by atoms with Crippen LogP contribution in [0.1, 0.15) is 24.8 Å². The molecule has 1 aliphatic rings. The molecule has 1 aromatic rings. The largest absolute Gasteiger partial charge is 0.478 e. The van der Waals surface area contributed by atoms with Crippen molar-refractivity contribution in [3.63, 3.8) is 0 Å². The normalized spacial score (nSPS) is 16.3. The number of nitrogens with zero attached hydrogens (tertiary/aromatic N) is 1. The Labute approximate surface area is 175 Å². The van der Waals surface area contributed by atoms with Crippen molar-refractivity contribution in [3.05, 3.63) is 66.6 Å². The molecule has 29 heavy (non-hydrogen) atoms. The number of carbonyl (C=O) groups excluding carboxylic acids is 1. The smallest absolute Gasteiger partial charge is 0.336 e. The Bertz CT molecular complexity index is 914. The van der Waals surface area contributed by atoms with Crippen LogP contribution >= 0.6 is 23.2 Å². The number of esters is 1. The molecular weight excluding hydrogens is 429 g/mol. The molecule has 156 valence electrons. The van der Waals surface area contributed by atoms with Crippen molar-refractivity contribution < 1.29 is 29.4 Å². The Morgan fingerprint density at radius 1 is 1.31 bits per heavy atom. The maximum absolute atomic E-state index is 12.7. The lowest BCUT2D eigenvalue weighted by molar-refractivity contribution is -0.757. The number of aliphatic carboxylic acids is 1. The molecule has 0 saturated carbocycles. The third kappa shape index (κ3) is 5.09. The van der Waals surface area contributed by atoms with Crippen LogP contribution in [-0.2, 0) is 19.2 Å². The number of nitrogens with two attached hydrogens (primary N) is 1. The van der Waals surface area contributed by atoms with E-state index >= 15 is 0 Å². The van der Waals surface area contributed by atoms with E-state index in [-0.39, 0.29) is 57.9 Å². The van der Waals surface area contributed by atoms with Crippen LogP contribution in [0.3, 0.4) is 0 Å². The average molecular weight is 446 g/mol. The predicted octanol–water partition coefficient (Wildman–Crippen LogP) is 2.35. The van der Waals surface area contributed by atoms with Crippen LogP contribution in [0, 0.1) is 10.1 Å². The lowest BCUT2D eigenvalue weighted by Gasteiger charge is -2.29. The van der Waals surface area contributed by atoms with Gasteiger partial charge in [-0.1, -0.05) is 35.3 Å². The number of carbonyl (C=O) groups is 2. The van der Waals surface area contributed by atoms with Crippen LogP contribution in [0.4, 0.5) is 0 Å². The molecule has 1 aliphatic heterocycles. The van der Waals surface area contributed by atoms with Crippen LogP contribution in [0.5, 0.6) is 0 Å². The zero-order valence-corrected chi connectivity index (χ0v) is 16.6. The first kappa shape index (κ1) is 22.3. The van der Waals surface area contributed by atoms with Gasteiger partial charge in [-0.2, -0.15) is 0 Å². The SMILES string of the molecule is CC1=C(C(=O)OCCCO[N+](=O)[O-])C(c2cccc(Cl)c2Cl)C(C(=O)O)=C(N)N1. The molecule has 1 heterocycles. The van der Waals surface area contributed by atoms with Gasteiger partial charge < -0.3 is 25.7 Å². The van der Waals surface area contributed by atoms with Gasteiger partial charge in [-0.25, -0.2) is 9.59 Å². The first-order valence-electron chi connectivity index (χ1n) is 8.24. The topological polar surface area (TPSA) is 154 Å². The van der Waals surface area contributed by atoms with Gasteiger partial charge in [0.05, 0.1) is 40.3 Å². The van der Waals surface area contributed by atoms with Crippen molar-refractivity contribution >= 4 is 35.1 Å². The number of dihydropyridines is 1. The van der Waals surface area contributed by atoms with Crippen molar-refractivity contribution in [2.45, 2.75) is 19.3 Å². The molecule has 0 saturated heterocycles. The van der Waals surface area contributed by atoms with E-state index in [9.17, 15) is 24.8 Å². The third-order valence-electron chi connectivity index (χ3n) is 4.06. The lowest BCUT2D eigenvalue weighted by Crippen LogP contribution is -2.35. The first-order chi connectivity index (χ1) is 13.6. The number of allylic oxidation sites excluding steroid dienone is 1. The minimum absolute atomic E-state index is 0.0176. The van der Waals surface area contributed by atoms with Gasteiger partial charge in [-0.05, 0) is 18.6 Å². The minimum atomic E-state index is -1.35. The van der Waals surface area contributed by atoms with E-state index in [1.165, 1.54) is 19.1 Å². The fourth-order valence-corrected chi connectivity index (χ4v) is 3.27. The molecule has 0 fully saturated rings. The van der Waals surface area contributed by atoms with Gasteiger partial charge in [0.15, 0.2) is 0 Å². The summed E-state index contributed by atoms with van der Waals surface area (Å²) in [4.78, 5) is 38.9. The number of rotatable bonds is 8. The second-order valence-corrected chi connectivity index (χ2v) is 6.70. The van der Waals surface area contributed by atoms with Crippen LogP contribution in [0.2, 0.25) is 10.0 Å². The van der Waals surface area contributed by atoms with Crippen LogP contribution in [0.15, 0.2) is 40.9 Å². The standard InChI is InChI=1S/C17H17Cl2N3O7/c1-8-11(17(25)28-6-3-7-29-22(26)27)12(13(16(23)24)15(20)21-8)9-4-2-5-10(18)14(9)19/h2,4-5,12,21H,3,6-7,20H2,1H3,(H,23,24). The number of hydrogen-bond donors (Lipinski definition) is 3. The Morgan fingerprint density at radius 2 is 2.00 bits per heavy atom. The second kappa shape index (κ2) is 9.48. The number of benzene rings is 1. The monoisotopic (exact) mass is 445 g/mol. The van der Waals surface area contributed by atoms with Gasteiger partial charge in [0, 0.05) is 12.1 Å². The van der Waals surface area contributed by atoms with E-state index in [1.807, 2.05) is 0 Å². The van der Waals surface area contributed by atoms with Crippen LogP contribution < -0.4 is 11.1 Å². The summed E-state index contributed by atoms with van der Waals surface area (Å²) in [5.74, 6) is -3.47. The second-order valence-electron chi connectivity index (χ2n) is 5.92. The number of hydrogen-bond acceptors (Lipinski definition) is 8. The third-order valence-corrected chi connectivity index (χ3v) is 4.89. The van der Waals surface area contributed by atoms with E-state index in [0.717, 1.165) is 0 Å². The highest BCUT2D eigenvalue weighted by molar-refractivity contribution is 6.42. The van der Waals surface area contributed by atoms with E-state index < -0.39 is 22.9 Å². The highest BCUT2D eigenvalue weighted by Crippen LogP contribution is 2.42. The molecule has 1 unspecified atom stereocenters. The van der Waals surface area contributed by atoms with Crippen molar-refractivity contribution in [2.75, 3.05) is 13.2 Å². The summed E-state index contributed by atoms with van der Waals surface area (Å²) in [7, 11) is 0. The summed E-state index contributed by atoms with van der Waals surface area (Å²) in [5, 5.41) is 21.8. The molecule has 0 radical (unpaired) electrons. The van der Waals surface area contributed by atoms with Crippen molar-refractivity contribution in [1.29, 1.82) is 0 Å². The maximum atomic E-state index is 12.7. The minimum Gasteiger partial charge on any atom is -0.478 e. The van der Waals surface area contributed by atoms with Crippen molar-refractivity contribution in [2.24, 2.45) is 5.73 Å². The molecule has 0 aliphatic carbocycles. The van der Waals surface area contributed by atoms with E-state index in [0.29, 0.717) is 0 Å². The molecule has 2 rings (SSSR count). The molecule has 1 atom stereocenters. The maximum Gasteiger partial charge on any atom is 0.336 e. The number of ether oxygens (including phenoxy) is 1. The molecule has 0 amide bonds. The van der Waals surface area contributed by atoms with Gasteiger partial charge in [0.2, 0.25) is 0 Å². The summed E-state index contributed by atoms with van der Waals surface area (Å²) < 4.78 is 5.15. The Balaban J connectivity index is 2.38. The van der Waals surface area contributed by atoms with Gasteiger partial charge in [0.1, 0.15) is 5.82 Å². The molecule has 4 N–H and O–H groups in total. The summed E-state index contributed by atoms with van der Waals surface area (Å²) >= 11 is 12.3. The van der Waals surface area contributed by atoms with E-state index in [4.69, 9.17) is 33.7 Å². The van der Waals surface area contributed by atoms with Gasteiger partial charge in [-0.15, -0.1) is 10.1 Å². The Kier molecular flexibility index (Phi) is 7.29. The molecule has 12 heteroatoms. The summed E-state index contributed by atoms with van der Waals surface area (Å²) in [6.45, 7) is 1.10. The fourth-order valence-electron chi connectivity index (χ4n) is 2.86. The van der Waals surface area contributed by atoms with E-state index in [2.05, 4.69) is 10.2 Å². The van der Waals surface area contributed by atoms with Gasteiger partial charge >= 0.3 is 11.9 Å². The quantitative estimate of drug-likeness (QED) is 0.236. The molecule has 0 bridgehead atoms. The zero-order valence-electron chi connectivity index (χ0n) is 15.1. The molecule has 0 aromatic heterocycles. The highest BCUT2D eigenvalue weighted by Gasteiger charge is 2.39. The number of carboxylic acids is 1. The Hall–Kier alpha value is -2.98. The van der Waals surface area contributed by atoms with Crippen LogP contribution in [-0.4, -0.2) is 35.3 Å². The first-order valence-corrected chi connectivity index (χ1v) is 8.99. The summed E-state index contributed by atoms with van der Waals surface area (Å²) in [6.07, 6.45) is 0.0683. The predicted molar refractivity (Wildman–Crippen MR) is 102 cm³/mol. The van der Waals surface area contributed by atoms with Crippen molar-refractivity contribution in [1.82, 2.24) is 5.32 Å². The summed E-state index contributed by atoms with van der Waals surface area (Å²) in [6, 6.07) is 4.62. The lowest BCUT2D eigenvalue weighted by atomic mass is 9.81. The van der Waals surface area contributed by atoms with Crippen LogP contribution in [0.25, 0.3) is 0 Å². The van der Waals surface area contributed by atoms with Crippen molar-refractivity contribution in [3.8, 4) is 0 Å². The fraction of sp³-hybridized carbons (Fsp3) is 0.294. The molecule has 1 aromatic carbocycles. The number of nitrogens with one attached hydrogen (secondary N) is 1. The zero-order chi connectivity index (χ0) is 21.7. The van der Waals surface area contributed by atoms with Gasteiger partial charge in [-0.3, -0.25) is 0 Å². The Morgan fingerprint density at radius 3 is 2.62 bits per heavy atom.